The third-order valence-electron chi connectivity index (χ3n) is 11.0. The summed E-state index contributed by atoms with van der Waals surface area (Å²) in [6, 6.07) is -3.94. The summed E-state index contributed by atoms with van der Waals surface area (Å²) in [5, 5.41) is 8.64. The Hall–Kier alpha value is -2.98. The maximum Gasteiger partial charge on any atom is 0.316 e. The number of primary amides is 1. The fraction of sp³-hybridized carbons (Fsp3) is 0.818. The quantitative estimate of drug-likeness (QED) is 0.247. The molecule has 1 unspecified atom stereocenters. The molecule has 1 saturated heterocycles. The fourth-order valence-electron chi connectivity index (χ4n) is 7.80. The van der Waals surface area contributed by atoms with Gasteiger partial charge in [0.05, 0.1) is 12.1 Å². The predicted octanol–water partition coefficient (Wildman–Crippen LogP) is 2.45. The lowest BCUT2D eigenvalue weighted by Gasteiger charge is -2.38. The zero-order chi connectivity index (χ0) is 32.1. The van der Waals surface area contributed by atoms with E-state index in [0.29, 0.717) is 13.0 Å². The predicted molar refractivity (Wildman–Crippen MR) is 163 cm³/mol. The maximum absolute atomic E-state index is 14.3. The van der Waals surface area contributed by atoms with Gasteiger partial charge in [-0.25, -0.2) is 4.79 Å². The molecule has 4 saturated carbocycles. The summed E-state index contributed by atoms with van der Waals surface area (Å²) in [5.74, 6) is -2.33. The van der Waals surface area contributed by atoms with Crippen LogP contribution in [0.3, 0.4) is 0 Å². The molecule has 244 valence electrons. The highest BCUT2D eigenvalue weighted by atomic mass is 16.2. The van der Waals surface area contributed by atoms with Gasteiger partial charge in [-0.2, -0.15) is 0 Å². The number of carbonyl (C=O) groups excluding carboxylic acids is 6. The molecule has 11 nitrogen and oxygen atoms in total. The molecule has 11 heteroatoms. The highest BCUT2D eigenvalue weighted by molar-refractivity contribution is 6.37. The number of likely N-dealkylation sites (tertiary alicyclic amines) is 1. The zero-order valence-electron chi connectivity index (χ0n) is 26.9. The van der Waals surface area contributed by atoms with Crippen molar-refractivity contribution in [3.63, 3.8) is 0 Å². The highest BCUT2D eigenvalue weighted by Crippen LogP contribution is 2.65. The number of nitrogens with one attached hydrogen (secondary N) is 3. The van der Waals surface area contributed by atoms with Crippen LogP contribution in [0.5, 0.6) is 0 Å². The molecule has 4 aliphatic carbocycles. The first kappa shape index (κ1) is 32.4. The van der Waals surface area contributed by atoms with Crippen molar-refractivity contribution in [3.05, 3.63) is 0 Å². The molecule has 5 fully saturated rings. The van der Waals surface area contributed by atoms with Crippen molar-refractivity contribution in [2.45, 2.75) is 123 Å². The van der Waals surface area contributed by atoms with Gasteiger partial charge in [-0.05, 0) is 66.6 Å². The number of urea groups is 1. The van der Waals surface area contributed by atoms with E-state index >= 15 is 0 Å². The second-order valence-corrected chi connectivity index (χ2v) is 15.8. The van der Waals surface area contributed by atoms with E-state index in [1.807, 2.05) is 20.8 Å². The Labute approximate surface area is 260 Å². The van der Waals surface area contributed by atoms with Crippen molar-refractivity contribution in [1.29, 1.82) is 0 Å². The standard InChI is InChI=1S/C33H51N5O6/c1-32(2,3)27(37-31(44)36-23(25(39)19-13-14-19)18-9-7-6-8-10-18)30(43)38-16-20-22(33(20,4)5)24(38)29(42)35-21(15-17-11-12-17)26(40)28(34)41/h17-24,27H,6-16H2,1-5H3,(H2,34,41)(H,35,42)(H2,36,37,44)/t20-,21?,22-,23-,24-,27+/m0/s1. The van der Waals surface area contributed by atoms with E-state index in [2.05, 4.69) is 29.8 Å². The molecule has 0 spiro atoms. The first-order chi connectivity index (χ1) is 20.6. The van der Waals surface area contributed by atoms with E-state index in [0.717, 1.165) is 57.8 Å². The molecule has 0 radical (unpaired) electrons. The number of rotatable bonds is 12. The minimum absolute atomic E-state index is 0.00593. The summed E-state index contributed by atoms with van der Waals surface area (Å²) < 4.78 is 0. The van der Waals surface area contributed by atoms with E-state index in [1.165, 1.54) is 0 Å². The molecule has 0 aromatic rings. The number of amides is 5. The van der Waals surface area contributed by atoms with Crippen molar-refractivity contribution in [1.82, 2.24) is 20.9 Å². The first-order valence-electron chi connectivity index (χ1n) is 16.7. The van der Waals surface area contributed by atoms with Gasteiger partial charge < -0.3 is 26.6 Å². The normalized spacial score (nSPS) is 28.2. The van der Waals surface area contributed by atoms with Gasteiger partial charge in [0.1, 0.15) is 12.1 Å². The Kier molecular flexibility index (Phi) is 8.90. The number of ketones is 2. The van der Waals surface area contributed by atoms with Gasteiger partial charge in [0.25, 0.3) is 5.91 Å². The van der Waals surface area contributed by atoms with Crippen molar-refractivity contribution in [2.75, 3.05) is 6.54 Å². The van der Waals surface area contributed by atoms with Crippen LogP contribution in [0.2, 0.25) is 0 Å². The van der Waals surface area contributed by atoms with Gasteiger partial charge in [-0.1, -0.05) is 66.7 Å². The number of piperidine rings is 1. The van der Waals surface area contributed by atoms with Crippen LogP contribution in [-0.4, -0.2) is 70.9 Å². The second kappa shape index (κ2) is 12.1. The average Bonchev–Trinajstić information content (AvgIpc) is 3.91. The summed E-state index contributed by atoms with van der Waals surface area (Å²) in [6.45, 7) is 10.1. The Bertz CT molecular complexity index is 1200. The van der Waals surface area contributed by atoms with Crippen molar-refractivity contribution < 1.29 is 28.8 Å². The average molecular weight is 614 g/mol. The number of nitrogens with zero attached hydrogens (tertiary/aromatic N) is 1. The SMILES string of the molecule is CC(C)(C)[C@H](NC(=O)N[C@H](C(=O)C1CC1)C1CCCCC1)C(=O)N1C[C@H]2[C@@H]([C@H]1C(=O)NC(CC1CC1)C(=O)C(N)=O)C2(C)C. The summed E-state index contributed by atoms with van der Waals surface area (Å²) >= 11 is 0. The topological polar surface area (TPSA) is 168 Å². The lowest BCUT2D eigenvalue weighted by Crippen LogP contribution is -2.62. The zero-order valence-corrected chi connectivity index (χ0v) is 26.9. The lowest BCUT2D eigenvalue weighted by molar-refractivity contribution is -0.145. The highest BCUT2D eigenvalue weighted by Gasteiger charge is 2.70. The summed E-state index contributed by atoms with van der Waals surface area (Å²) in [4.78, 5) is 80.7. The van der Waals surface area contributed by atoms with Gasteiger partial charge in [0, 0.05) is 12.5 Å². The van der Waals surface area contributed by atoms with Crippen LogP contribution >= 0.6 is 0 Å². The molecule has 0 aromatic carbocycles. The Morgan fingerprint density at radius 2 is 1.52 bits per heavy atom. The van der Waals surface area contributed by atoms with Gasteiger partial charge in [-0.15, -0.1) is 0 Å². The minimum Gasteiger partial charge on any atom is -0.363 e. The number of hydrogen-bond acceptors (Lipinski definition) is 6. The molecule has 1 heterocycles. The van der Waals surface area contributed by atoms with E-state index in [9.17, 15) is 28.8 Å². The van der Waals surface area contributed by atoms with Crippen LogP contribution in [0, 0.1) is 40.4 Å². The number of nitrogens with two attached hydrogens (primary N) is 1. The molecular formula is C33H51N5O6. The summed E-state index contributed by atoms with van der Waals surface area (Å²) in [5.41, 5.74) is 4.43. The van der Waals surface area contributed by atoms with Crippen molar-refractivity contribution in [3.8, 4) is 0 Å². The molecular weight excluding hydrogens is 562 g/mol. The van der Waals surface area contributed by atoms with E-state index in [4.69, 9.17) is 5.73 Å². The molecule has 5 amide bonds. The largest absolute Gasteiger partial charge is 0.363 e. The molecule has 44 heavy (non-hydrogen) atoms. The summed E-state index contributed by atoms with van der Waals surface area (Å²) in [7, 11) is 0. The molecule has 5 aliphatic rings. The van der Waals surface area contributed by atoms with Gasteiger partial charge in [-0.3, -0.25) is 24.0 Å². The van der Waals surface area contributed by atoms with Crippen LogP contribution < -0.4 is 21.7 Å². The summed E-state index contributed by atoms with van der Waals surface area (Å²) in [6.07, 6.45) is 8.93. The van der Waals surface area contributed by atoms with Gasteiger partial charge in [0.2, 0.25) is 17.6 Å². The molecule has 1 aliphatic heterocycles. The molecule has 0 aromatic heterocycles. The van der Waals surface area contributed by atoms with E-state index in [1.54, 1.807) is 4.90 Å². The van der Waals surface area contributed by atoms with E-state index in [-0.39, 0.29) is 46.7 Å². The minimum atomic E-state index is -1.09. The number of Topliss-reactive ketones (excluding diaryl/α,β-unsaturated/α-hetero) is 2. The second-order valence-electron chi connectivity index (χ2n) is 15.8. The van der Waals surface area contributed by atoms with Crippen molar-refractivity contribution >= 4 is 35.3 Å². The number of carbonyl (C=O) groups is 6. The van der Waals surface area contributed by atoms with Gasteiger partial charge >= 0.3 is 6.03 Å². The molecule has 5 rings (SSSR count). The van der Waals surface area contributed by atoms with E-state index < -0.39 is 53.2 Å². The van der Waals surface area contributed by atoms with Crippen molar-refractivity contribution in [2.24, 2.45) is 46.2 Å². The Morgan fingerprint density at radius 1 is 0.886 bits per heavy atom. The van der Waals surface area contributed by atoms with Crippen LogP contribution in [0.15, 0.2) is 0 Å². The molecule has 6 atom stereocenters. The lowest BCUT2D eigenvalue weighted by atomic mass is 9.81. The van der Waals surface area contributed by atoms with Crippen LogP contribution in [0.4, 0.5) is 4.79 Å². The van der Waals surface area contributed by atoms with Crippen LogP contribution in [-0.2, 0) is 24.0 Å². The third-order valence-corrected chi connectivity index (χ3v) is 11.0. The fourth-order valence-corrected chi connectivity index (χ4v) is 7.80. The van der Waals surface area contributed by atoms with Gasteiger partial charge in [0.15, 0.2) is 5.78 Å². The Balaban J connectivity index is 1.32. The Morgan fingerprint density at radius 3 is 2.07 bits per heavy atom. The third kappa shape index (κ3) is 6.81. The first-order valence-corrected chi connectivity index (χ1v) is 16.7. The maximum atomic E-state index is 14.3. The van der Waals surface area contributed by atoms with Crippen LogP contribution in [0.1, 0.15) is 98.8 Å². The van der Waals surface area contributed by atoms with Crippen LogP contribution in [0.25, 0.3) is 0 Å². The smallest absolute Gasteiger partial charge is 0.316 e. The number of hydrogen-bond donors (Lipinski definition) is 4. The monoisotopic (exact) mass is 613 g/mol. The molecule has 0 bridgehead atoms. The number of fused-ring (bicyclic) bond motifs is 1. The molecule has 5 N–H and O–H groups in total.